The van der Waals surface area contributed by atoms with Crippen LogP contribution in [0.25, 0.3) is 0 Å². The fourth-order valence-corrected chi connectivity index (χ4v) is 1.46. The Labute approximate surface area is 105 Å². The number of rotatable bonds is 6. The van der Waals surface area contributed by atoms with Crippen molar-refractivity contribution in [3.8, 4) is 0 Å². The van der Waals surface area contributed by atoms with E-state index in [0.29, 0.717) is 6.54 Å². The van der Waals surface area contributed by atoms with E-state index < -0.39 is 11.9 Å². The van der Waals surface area contributed by atoms with Gasteiger partial charge in [0.1, 0.15) is 11.5 Å². The lowest BCUT2D eigenvalue weighted by Crippen LogP contribution is -2.15. The zero-order chi connectivity index (χ0) is 13.6. The molecule has 0 saturated carbocycles. The predicted molar refractivity (Wildman–Crippen MR) is 65.5 cm³/mol. The summed E-state index contributed by atoms with van der Waals surface area (Å²) < 4.78 is 37.2. The first-order valence-corrected chi connectivity index (χ1v) is 5.82. The van der Waals surface area contributed by atoms with Crippen LogP contribution in [0.1, 0.15) is 18.5 Å². The largest absolute Gasteiger partial charge is 0.433 e. The molecule has 3 nitrogen and oxygen atoms in total. The van der Waals surface area contributed by atoms with Crippen molar-refractivity contribution in [2.45, 2.75) is 19.0 Å². The molecule has 18 heavy (non-hydrogen) atoms. The van der Waals surface area contributed by atoms with E-state index in [9.17, 15) is 13.2 Å². The summed E-state index contributed by atoms with van der Waals surface area (Å²) in [5.41, 5.74) is -0.860. The number of halogens is 3. The van der Waals surface area contributed by atoms with E-state index in [1.807, 2.05) is 14.1 Å². The second-order valence-electron chi connectivity index (χ2n) is 4.34. The Balaban J connectivity index is 2.39. The van der Waals surface area contributed by atoms with Gasteiger partial charge >= 0.3 is 6.18 Å². The van der Waals surface area contributed by atoms with E-state index in [4.69, 9.17) is 0 Å². The highest BCUT2D eigenvalue weighted by molar-refractivity contribution is 5.35. The number of nitrogens with one attached hydrogen (secondary N) is 1. The van der Waals surface area contributed by atoms with Gasteiger partial charge in [0.15, 0.2) is 0 Å². The van der Waals surface area contributed by atoms with Crippen LogP contribution in [0.15, 0.2) is 18.2 Å². The lowest BCUT2D eigenvalue weighted by Gasteiger charge is -2.11. The Morgan fingerprint density at radius 1 is 1.22 bits per heavy atom. The summed E-state index contributed by atoms with van der Waals surface area (Å²) >= 11 is 0. The van der Waals surface area contributed by atoms with Crippen LogP contribution in [0.4, 0.5) is 19.0 Å². The summed E-state index contributed by atoms with van der Waals surface area (Å²) in [5.74, 6) is 0.273. The maximum atomic E-state index is 12.4. The van der Waals surface area contributed by atoms with Gasteiger partial charge in [-0.3, -0.25) is 0 Å². The standard InChI is InChI=1S/C12H18F3N3/c1-18(2)9-4-3-8-16-11-7-5-6-10(17-11)12(13,14)15/h5-7H,3-4,8-9H2,1-2H3,(H,16,17). The number of hydrogen-bond acceptors (Lipinski definition) is 3. The minimum absolute atomic E-state index is 0.273. The maximum Gasteiger partial charge on any atom is 0.433 e. The molecule has 0 fully saturated rings. The number of anilines is 1. The summed E-state index contributed by atoms with van der Waals surface area (Å²) in [6, 6.07) is 3.87. The zero-order valence-electron chi connectivity index (χ0n) is 10.6. The Morgan fingerprint density at radius 3 is 2.56 bits per heavy atom. The molecule has 0 aliphatic heterocycles. The number of unbranched alkanes of at least 4 members (excludes halogenated alkanes) is 1. The fourth-order valence-electron chi connectivity index (χ4n) is 1.46. The average molecular weight is 261 g/mol. The van der Waals surface area contributed by atoms with Gasteiger partial charge in [0.05, 0.1) is 0 Å². The highest BCUT2D eigenvalue weighted by Crippen LogP contribution is 2.28. The Bertz CT molecular complexity index is 364. The van der Waals surface area contributed by atoms with Crippen molar-refractivity contribution >= 4 is 5.82 Å². The molecule has 1 heterocycles. The van der Waals surface area contributed by atoms with Crippen LogP contribution in [-0.2, 0) is 6.18 Å². The van der Waals surface area contributed by atoms with Crippen molar-refractivity contribution < 1.29 is 13.2 Å². The highest BCUT2D eigenvalue weighted by atomic mass is 19.4. The van der Waals surface area contributed by atoms with E-state index in [1.165, 1.54) is 6.07 Å². The van der Waals surface area contributed by atoms with Gasteiger partial charge in [-0.15, -0.1) is 0 Å². The van der Waals surface area contributed by atoms with Crippen LogP contribution >= 0.6 is 0 Å². The Morgan fingerprint density at radius 2 is 1.94 bits per heavy atom. The van der Waals surface area contributed by atoms with Crippen molar-refractivity contribution in [1.82, 2.24) is 9.88 Å². The average Bonchev–Trinajstić information content (AvgIpc) is 2.27. The molecule has 0 atom stereocenters. The molecule has 0 aliphatic rings. The second-order valence-corrected chi connectivity index (χ2v) is 4.34. The lowest BCUT2D eigenvalue weighted by molar-refractivity contribution is -0.141. The first-order valence-electron chi connectivity index (χ1n) is 5.82. The molecule has 0 saturated heterocycles. The molecule has 0 unspecified atom stereocenters. The van der Waals surface area contributed by atoms with Crippen molar-refractivity contribution in [3.05, 3.63) is 23.9 Å². The predicted octanol–water partition coefficient (Wildman–Crippen LogP) is 2.85. The minimum Gasteiger partial charge on any atom is -0.370 e. The van der Waals surface area contributed by atoms with Crippen molar-refractivity contribution in [3.63, 3.8) is 0 Å². The molecule has 0 amide bonds. The molecule has 0 aromatic carbocycles. The van der Waals surface area contributed by atoms with Gasteiger partial charge in [0.2, 0.25) is 0 Å². The van der Waals surface area contributed by atoms with Crippen molar-refractivity contribution in [2.24, 2.45) is 0 Å². The molecule has 1 aromatic rings. The molecule has 0 spiro atoms. The normalized spacial score (nSPS) is 11.9. The van der Waals surface area contributed by atoms with Crippen LogP contribution in [0.3, 0.4) is 0 Å². The fraction of sp³-hybridized carbons (Fsp3) is 0.583. The maximum absolute atomic E-state index is 12.4. The number of hydrogen-bond donors (Lipinski definition) is 1. The molecular weight excluding hydrogens is 243 g/mol. The Hall–Kier alpha value is -1.30. The van der Waals surface area contributed by atoms with Crippen LogP contribution in [0.5, 0.6) is 0 Å². The molecule has 0 aliphatic carbocycles. The third-order valence-corrected chi connectivity index (χ3v) is 2.38. The molecule has 0 radical (unpaired) electrons. The number of nitrogens with zero attached hydrogens (tertiary/aromatic N) is 2. The summed E-state index contributed by atoms with van der Waals surface area (Å²) in [4.78, 5) is 5.60. The molecule has 1 rings (SSSR count). The molecule has 6 heteroatoms. The second kappa shape index (κ2) is 6.58. The highest BCUT2D eigenvalue weighted by Gasteiger charge is 2.32. The van der Waals surface area contributed by atoms with E-state index in [0.717, 1.165) is 25.5 Å². The van der Waals surface area contributed by atoms with Crippen LogP contribution in [-0.4, -0.2) is 37.1 Å². The molecule has 1 N–H and O–H groups in total. The van der Waals surface area contributed by atoms with E-state index in [1.54, 1.807) is 6.07 Å². The van der Waals surface area contributed by atoms with Crippen LogP contribution in [0, 0.1) is 0 Å². The number of pyridine rings is 1. The SMILES string of the molecule is CN(C)CCCCNc1cccc(C(F)(F)F)n1. The van der Waals surface area contributed by atoms with Crippen LogP contribution in [0.2, 0.25) is 0 Å². The van der Waals surface area contributed by atoms with Crippen molar-refractivity contribution in [2.75, 3.05) is 32.5 Å². The van der Waals surface area contributed by atoms with Gasteiger partial charge in [-0.25, -0.2) is 4.98 Å². The minimum atomic E-state index is -4.39. The van der Waals surface area contributed by atoms with Gasteiger partial charge in [-0.2, -0.15) is 13.2 Å². The molecule has 1 aromatic heterocycles. The first-order chi connectivity index (χ1) is 8.39. The van der Waals surface area contributed by atoms with E-state index in [2.05, 4.69) is 15.2 Å². The van der Waals surface area contributed by atoms with Crippen molar-refractivity contribution in [1.29, 1.82) is 0 Å². The lowest BCUT2D eigenvalue weighted by atomic mass is 10.3. The third-order valence-electron chi connectivity index (χ3n) is 2.38. The third kappa shape index (κ3) is 5.35. The summed E-state index contributed by atoms with van der Waals surface area (Å²) in [5, 5.41) is 2.90. The Kier molecular flexibility index (Phi) is 5.40. The topological polar surface area (TPSA) is 28.2 Å². The number of aromatic nitrogens is 1. The smallest absolute Gasteiger partial charge is 0.370 e. The monoisotopic (exact) mass is 261 g/mol. The van der Waals surface area contributed by atoms with Crippen LogP contribution < -0.4 is 5.32 Å². The van der Waals surface area contributed by atoms with Gasteiger partial charge in [0.25, 0.3) is 0 Å². The zero-order valence-corrected chi connectivity index (χ0v) is 10.6. The summed E-state index contributed by atoms with van der Waals surface area (Å²) in [6.07, 6.45) is -2.49. The van der Waals surface area contributed by atoms with Gasteiger partial charge in [-0.1, -0.05) is 6.07 Å². The molecular formula is C12H18F3N3. The van der Waals surface area contributed by atoms with E-state index in [-0.39, 0.29) is 5.82 Å². The number of alkyl halides is 3. The first kappa shape index (κ1) is 14.8. The van der Waals surface area contributed by atoms with Gasteiger partial charge in [0, 0.05) is 6.54 Å². The quantitative estimate of drug-likeness (QED) is 0.798. The molecule has 0 bridgehead atoms. The summed E-state index contributed by atoms with van der Waals surface area (Å²) in [7, 11) is 3.98. The summed E-state index contributed by atoms with van der Waals surface area (Å²) in [6.45, 7) is 1.60. The van der Waals surface area contributed by atoms with Gasteiger partial charge < -0.3 is 10.2 Å². The van der Waals surface area contributed by atoms with Gasteiger partial charge in [-0.05, 0) is 45.6 Å². The molecule has 102 valence electrons. The van der Waals surface area contributed by atoms with E-state index >= 15 is 0 Å².